The maximum atomic E-state index is 12.3. The molecule has 1 N–H and O–H groups in total. The van der Waals surface area contributed by atoms with E-state index in [1.807, 2.05) is 0 Å². The Morgan fingerprint density at radius 2 is 0.796 bits per heavy atom. The highest BCUT2D eigenvalue weighted by Crippen LogP contribution is 2.15. The van der Waals surface area contributed by atoms with Gasteiger partial charge in [-0.15, -0.1) is 0 Å². The second-order valence-corrected chi connectivity index (χ2v) is 15.7. The fourth-order valence-corrected chi connectivity index (χ4v) is 6.84. The van der Waals surface area contributed by atoms with Crippen LogP contribution in [0.2, 0.25) is 0 Å². The minimum Gasteiger partial charge on any atom is -0.447 e. The van der Waals surface area contributed by atoms with Crippen molar-refractivity contribution in [1.82, 2.24) is 5.32 Å². The van der Waals surface area contributed by atoms with Crippen LogP contribution in [0.15, 0.2) is 0 Å². The molecule has 0 aromatic carbocycles. The topological polar surface area (TPSA) is 75.3 Å². The van der Waals surface area contributed by atoms with E-state index in [9.17, 15) is 4.79 Å². The van der Waals surface area contributed by atoms with Crippen LogP contribution >= 0.6 is 0 Å². The van der Waals surface area contributed by atoms with Crippen molar-refractivity contribution >= 4 is 6.09 Å². The van der Waals surface area contributed by atoms with Crippen molar-refractivity contribution in [1.29, 1.82) is 0 Å². The van der Waals surface area contributed by atoms with Gasteiger partial charge in [0.1, 0.15) is 12.7 Å². The van der Waals surface area contributed by atoms with E-state index in [1.165, 1.54) is 193 Å². The maximum Gasteiger partial charge on any atom is 0.407 e. The van der Waals surface area contributed by atoms with Crippen LogP contribution < -0.4 is 5.32 Å². The number of hydrogen-bond donors (Lipinski definition) is 1. The SMILES string of the molecule is C.CCCCCCCCCCCCCCCCCCOCC(COC(=O)NCCCOCCOC)OCCCCCCCCCCCCCCCCCC. The summed E-state index contributed by atoms with van der Waals surface area (Å²) in [4.78, 5) is 12.3. The number of ether oxygens (including phenoxy) is 5. The lowest BCUT2D eigenvalue weighted by Gasteiger charge is -2.18. The molecule has 0 aromatic rings. The van der Waals surface area contributed by atoms with Gasteiger partial charge in [0.15, 0.2) is 0 Å². The number of nitrogens with one attached hydrogen (secondary N) is 1. The van der Waals surface area contributed by atoms with Crippen LogP contribution in [0.3, 0.4) is 0 Å². The molecule has 1 atom stereocenters. The van der Waals surface area contributed by atoms with Crippen molar-refractivity contribution in [3.63, 3.8) is 0 Å². The van der Waals surface area contributed by atoms with Crippen molar-refractivity contribution in [3.05, 3.63) is 0 Å². The Kier molecular flexibility index (Phi) is 51.3. The van der Waals surface area contributed by atoms with Gasteiger partial charge in [-0.3, -0.25) is 0 Å². The molecule has 0 aliphatic rings. The van der Waals surface area contributed by atoms with E-state index >= 15 is 0 Å². The molecule has 0 heterocycles. The van der Waals surface area contributed by atoms with Crippen LogP contribution in [0.1, 0.15) is 233 Å². The summed E-state index contributed by atoms with van der Waals surface area (Å²) >= 11 is 0. The summed E-state index contributed by atoms with van der Waals surface area (Å²) in [7, 11) is 1.66. The number of amides is 1. The van der Waals surface area contributed by atoms with Crippen molar-refractivity contribution in [2.45, 2.75) is 239 Å². The van der Waals surface area contributed by atoms with Crippen LogP contribution in [0.5, 0.6) is 0 Å². The zero-order chi connectivity index (χ0) is 38.4. The molecule has 1 amide bonds. The molecule has 7 nitrogen and oxygen atoms in total. The molecule has 0 radical (unpaired) electrons. The Hall–Kier alpha value is -0.890. The van der Waals surface area contributed by atoms with Crippen LogP contribution in [0.4, 0.5) is 4.79 Å². The van der Waals surface area contributed by atoms with E-state index in [0.717, 1.165) is 25.9 Å². The van der Waals surface area contributed by atoms with Crippen molar-refractivity contribution in [2.24, 2.45) is 0 Å². The first-order valence-corrected chi connectivity index (χ1v) is 23.4. The summed E-state index contributed by atoms with van der Waals surface area (Å²) in [5.74, 6) is 0. The number of alkyl carbamates (subject to hydrolysis) is 1. The number of methoxy groups -OCH3 is 1. The first-order valence-electron chi connectivity index (χ1n) is 23.4. The number of rotatable bonds is 46. The van der Waals surface area contributed by atoms with Gasteiger partial charge in [0.2, 0.25) is 0 Å². The van der Waals surface area contributed by atoms with Gasteiger partial charge in [-0.2, -0.15) is 0 Å². The molecule has 0 saturated heterocycles. The highest BCUT2D eigenvalue weighted by molar-refractivity contribution is 5.67. The normalized spacial score (nSPS) is 11.8. The second-order valence-electron chi connectivity index (χ2n) is 15.7. The van der Waals surface area contributed by atoms with Gasteiger partial charge < -0.3 is 29.0 Å². The Bertz CT molecular complexity index is 681. The zero-order valence-corrected chi connectivity index (χ0v) is 36.0. The van der Waals surface area contributed by atoms with Gasteiger partial charge in [0, 0.05) is 33.5 Å². The number of unbranched alkanes of at least 4 members (excludes halogenated alkanes) is 30. The Morgan fingerprint density at radius 3 is 1.20 bits per heavy atom. The molecule has 0 rings (SSSR count). The lowest BCUT2D eigenvalue weighted by atomic mass is 10.0. The summed E-state index contributed by atoms with van der Waals surface area (Å²) in [6.07, 6.45) is 43.7. The van der Waals surface area contributed by atoms with Crippen molar-refractivity contribution in [2.75, 3.05) is 59.9 Å². The Balaban J connectivity index is 0. The minimum absolute atomic E-state index is 0. The predicted molar refractivity (Wildman–Crippen MR) is 233 cm³/mol. The third-order valence-electron chi connectivity index (χ3n) is 10.4. The third-order valence-corrected chi connectivity index (χ3v) is 10.4. The fourth-order valence-electron chi connectivity index (χ4n) is 6.84. The van der Waals surface area contributed by atoms with Crippen molar-refractivity contribution in [3.8, 4) is 0 Å². The molecule has 0 aliphatic heterocycles. The average Bonchev–Trinajstić information content (AvgIpc) is 3.16. The van der Waals surface area contributed by atoms with E-state index in [-0.39, 0.29) is 20.1 Å². The smallest absolute Gasteiger partial charge is 0.407 e. The summed E-state index contributed by atoms with van der Waals surface area (Å²) in [5.41, 5.74) is 0. The average molecular weight is 772 g/mol. The van der Waals surface area contributed by atoms with Gasteiger partial charge in [-0.05, 0) is 19.3 Å². The van der Waals surface area contributed by atoms with Gasteiger partial charge in [-0.1, -0.05) is 214 Å². The lowest BCUT2D eigenvalue weighted by molar-refractivity contribution is -0.0468. The van der Waals surface area contributed by atoms with E-state index < -0.39 is 6.09 Å². The standard InChI is InChI=1S/C46H93NO6.CH4/c1-4-6-8-10-12-14-16-18-20-22-24-26-28-30-32-34-38-51-43-45(44-53-46(48)47-37-36-39-50-42-41-49-3)52-40-35-33-31-29-27-25-23-21-19-17-15-13-11-9-7-5-2;/h45H,4-44H2,1-3H3,(H,47,48);1H4. The summed E-state index contributed by atoms with van der Waals surface area (Å²) in [6, 6.07) is 0. The molecular formula is C47H97NO6. The number of hydrogen-bond acceptors (Lipinski definition) is 6. The first kappa shape index (κ1) is 55.2. The molecule has 0 aliphatic carbocycles. The molecule has 54 heavy (non-hydrogen) atoms. The molecule has 0 saturated carbocycles. The van der Waals surface area contributed by atoms with E-state index in [2.05, 4.69) is 19.2 Å². The van der Waals surface area contributed by atoms with Crippen LogP contribution in [0.25, 0.3) is 0 Å². The lowest BCUT2D eigenvalue weighted by Crippen LogP contribution is -2.32. The predicted octanol–water partition coefficient (Wildman–Crippen LogP) is 14.3. The first-order chi connectivity index (χ1) is 26.2. The highest BCUT2D eigenvalue weighted by Gasteiger charge is 2.13. The van der Waals surface area contributed by atoms with Gasteiger partial charge >= 0.3 is 6.09 Å². The summed E-state index contributed by atoms with van der Waals surface area (Å²) in [6.45, 7) is 8.95. The molecule has 0 spiro atoms. The summed E-state index contributed by atoms with van der Waals surface area (Å²) < 4.78 is 28.1. The second kappa shape index (κ2) is 50.1. The van der Waals surface area contributed by atoms with Crippen LogP contribution in [-0.4, -0.2) is 72.1 Å². The summed E-state index contributed by atoms with van der Waals surface area (Å²) in [5, 5.41) is 2.81. The van der Waals surface area contributed by atoms with Crippen LogP contribution in [0, 0.1) is 0 Å². The number of carbonyl (C=O) groups is 1. The molecule has 0 bridgehead atoms. The largest absolute Gasteiger partial charge is 0.447 e. The van der Waals surface area contributed by atoms with Gasteiger partial charge in [0.25, 0.3) is 0 Å². The fraction of sp³-hybridized carbons (Fsp3) is 0.979. The molecule has 0 aromatic heterocycles. The monoisotopic (exact) mass is 772 g/mol. The van der Waals surface area contributed by atoms with Crippen molar-refractivity contribution < 1.29 is 28.5 Å². The molecule has 326 valence electrons. The third kappa shape index (κ3) is 47.3. The van der Waals surface area contributed by atoms with Gasteiger partial charge in [0.05, 0.1) is 19.8 Å². The zero-order valence-electron chi connectivity index (χ0n) is 36.0. The maximum absolute atomic E-state index is 12.3. The molecular weight excluding hydrogens is 675 g/mol. The quantitative estimate of drug-likeness (QED) is 0.0621. The minimum atomic E-state index is -0.407. The molecule has 0 fully saturated rings. The van der Waals surface area contributed by atoms with Gasteiger partial charge in [-0.25, -0.2) is 4.79 Å². The van der Waals surface area contributed by atoms with Crippen LogP contribution in [-0.2, 0) is 23.7 Å². The molecule has 1 unspecified atom stereocenters. The van der Waals surface area contributed by atoms with E-state index in [1.54, 1.807) is 7.11 Å². The Labute approximate surface area is 338 Å². The molecule has 7 heteroatoms. The highest BCUT2D eigenvalue weighted by atomic mass is 16.6. The Morgan fingerprint density at radius 1 is 0.426 bits per heavy atom. The van der Waals surface area contributed by atoms with E-state index in [4.69, 9.17) is 23.7 Å². The number of carbonyl (C=O) groups excluding carboxylic acids is 1. The van der Waals surface area contributed by atoms with E-state index in [0.29, 0.717) is 39.6 Å².